The molecule has 1 saturated heterocycles. The van der Waals surface area contributed by atoms with Crippen molar-refractivity contribution in [1.82, 2.24) is 0 Å². The van der Waals surface area contributed by atoms with Crippen LogP contribution in [-0.2, 0) is 9.47 Å². The van der Waals surface area contributed by atoms with Gasteiger partial charge in [-0.3, -0.25) is 0 Å². The van der Waals surface area contributed by atoms with E-state index in [1.165, 1.54) is 24.0 Å². The van der Waals surface area contributed by atoms with Gasteiger partial charge in [0.1, 0.15) is 4.88 Å². The third-order valence-electron chi connectivity index (χ3n) is 3.62. The summed E-state index contributed by atoms with van der Waals surface area (Å²) in [6.07, 6.45) is 2.17. The third kappa shape index (κ3) is 2.51. The van der Waals surface area contributed by atoms with Gasteiger partial charge in [-0.15, -0.1) is 11.3 Å². The minimum Gasteiger partial charge on any atom is -0.465 e. The van der Waals surface area contributed by atoms with E-state index >= 15 is 0 Å². The number of carbonyl (C=O) groups excluding carboxylic acids is 1. The first-order valence-corrected chi connectivity index (χ1v) is 7.29. The molecule has 0 aliphatic carbocycles. The number of carbonyl (C=O) groups is 1. The van der Waals surface area contributed by atoms with Crippen LogP contribution in [-0.4, -0.2) is 26.3 Å². The number of thiophene rings is 1. The maximum Gasteiger partial charge on any atom is 0.348 e. The lowest BCUT2D eigenvalue weighted by atomic mass is 9.91. The van der Waals surface area contributed by atoms with Crippen LogP contribution in [0.15, 0.2) is 24.3 Å². The highest BCUT2D eigenvalue weighted by Gasteiger charge is 2.17. The first-order chi connectivity index (χ1) is 9.28. The summed E-state index contributed by atoms with van der Waals surface area (Å²) >= 11 is 1.50. The van der Waals surface area contributed by atoms with Crippen molar-refractivity contribution < 1.29 is 14.3 Å². The maximum atomic E-state index is 11.5. The number of hydrogen-bond acceptors (Lipinski definition) is 4. The molecule has 19 heavy (non-hydrogen) atoms. The molecule has 1 aromatic heterocycles. The van der Waals surface area contributed by atoms with Crippen LogP contribution in [0.3, 0.4) is 0 Å². The lowest BCUT2D eigenvalue weighted by molar-refractivity contribution is 0.0606. The smallest absolute Gasteiger partial charge is 0.348 e. The quantitative estimate of drug-likeness (QED) is 0.786. The molecule has 1 fully saturated rings. The van der Waals surface area contributed by atoms with E-state index in [1.807, 2.05) is 6.07 Å². The highest BCUT2D eigenvalue weighted by molar-refractivity contribution is 7.20. The molecule has 0 spiro atoms. The van der Waals surface area contributed by atoms with Crippen LogP contribution in [0.25, 0.3) is 10.1 Å². The fourth-order valence-electron chi connectivity index (χ4n) is 2.53. The zero-order valence-electron chi connectivity index (χ0n) is 10.8. The van der Waals surface area contributed by atoms with Gasteiger partial charge in [-0.05, 0) is 41.8 Å². The van der Waals surface area contributed by atoms with Gasteiger partial charge in [0.25, 0.3) is 0 Å². The Morgan fingerprint density at radius 2 is 2.11 bits per heavy atom. The number of hydrogen-bond donors (Lipinski definition) is 0. The summed E-state index contributed by atoms with van der Waals surface area (Å²) in [6.45, 7) is 1.70. The van der Waals surface area contributed by atoms with Crippen molar-refractivity contribution in [2.75, 3.05) is 20.3 Å². The van der Waals surface area contributed by atoms with Gasteiger partial charge in [-0.2, -0.15) is 0 Å². The SMILES string of the molecule is COC(=O)c1cc2ccc(C3CCOCC3)cc2s1. The number of esters is 1. The predicted molar refractivity (Wildman–Crippen MR) is 76.0 cm³/mol. The van der Waals surface area contributed by atoms with Crippen molar-refractivity contribution >= 4 is 27.4 Å². The van der Waals surface area contributed by atoms with E-state index in [0.717, 1.165) is 36.1 Å². The topological polar surface area (TPSA) is 35.5 Å². The Hall–Kier alpha value is -1.39. The van der Waals surface area contributed by atoms with Crippen LogP contribution < -0.4 is 0 Å². The lowest BCUT2D eigenvalue weighted by Gasteiger charge is -2.22. The molecule has 0 saturated carbocycles. The number of benzene rings is 1. The van der Waals surface area contributed by atoms with Gasteiger partial charge in [-0.25, -0.2) is 4.79 Å². The molecule has 1 aromatic carbocycles. The number of fused-ring (bicyclic) bond motifs is 1. The minimum absolute atomic E-state index is 0.256. The summed E-state index contributed by atoms with van der Waals surface area (Å²) in [5, 5.41) is 1.11. The van der Waals surface area contributed by atoms with Crippen molar-refractivity contribution in [2.24, 2.45) is 0 Å². The second-order valence-electron chi connectivity index (χ2n) is 4.79. The van der Waals surface area contributed by atoms with Crippen LogP contribution in [0.5, 0.6) is 0 Å². The Morgan fingerprint density at radius 3 is 2.84 bits per heavy atom. The molecule has 3 rings (SSSR count). The molecule has 0 unspecified atom stereocenters. The van der Waals surface area contributed by atoms with Gasteiger partial charge >= 0.3 is 5.97 Å². The van der Waals surface area contributed by atoms with Crippen molar-refractivity contribution in [3.8, 4) is 0 Å². The normalized spacial score (nSPS) is 16.7. The van der Waals surface area contributed by atoms with E-state index < -0.39 is 0 Å². The van der Waals surface area contributed by atoms with Crippen molar-refractivity contribution in [3.05, 3.63) is 34.7 Å². The predicted octanol–water partition coefficient (Wildman–Crippen LogP) is 3.58. The summed E-state index contributed by atoms with van der Waals surface area (Å²) in [6, 6.07) is 8.39. The third-order valence-corrected chi connectivity index (χ3v) is 4.70. The Labute approximate surface area is 116 Å². The van der Waals surface area contributed by atoms with E-state index in [1.54, 1.807) is 0 Å². The van der Waals surface area contributed by atoms with Crippen LogP contribution in [0.1, 0.15) is 34.0 Å². The first kappa shape index (κ1) is 12.6. The van der Waals surface area contributed by atoms with Gasteiger partial charge in [0.05, 0.1) is 7.11 Å². The van der Waals surface area contributed by atoms with Crippen molar-refractivity contribution in [2.45, 2.75) is 18.8 Å². The van der Waals surface area contributed by atoms with Crippen molar-refractivity contribution in [3.63, 3.8) is 0 Å². The molecule has 0 atom stereocenters. The molecule has 0 N–H and O–H groups in total. The summed E-state index contributed by atoms with van der Waals surface area (Å²) in [5.74, 6) is 0.329. The molecule has 1 aliphatic rings. The molecule has 0 amide bonds. The summed E-state index contributed by atoms with van der Waals surface area (Å²) in [7, 11) is 1.42. The molecular formula is C15H16O3S. The molecule has 3 nitrogen and oxygen atoms in total. The Balaban J connectivity index is 1.93. The Kier molecular flexibility index (Phi) is 3.53. The molecule has 0 radical (unpaired) electrons. The number of rotatable bonds is 2. The maximum absolute atomic E-state index is 11.5. The van der Waals surface area contributed by atoms with E-state index in [2.05, 4.69) is 18.2 Å². The lowest BCUT2D eigenvalue weighted by Crippen LogP contribution is -2.13. The molecule has 2 aromatic rings. The highest BCUT2D eigenvalue weighted by Crippen LogP contribution is 2.32. The van der Waals surface area contributed by atoms with E-state index in [4.69, 9.17) is 9.47 Å². The second kappa shape index (κ2) is 5.31. The monoisotopic (exact) mass is 276 g/mol. The van der Waals surface area contributed by atoms with E-state index in [9.17, 15) is 4.79 Å². The first-order valence-electron chi connectivity index (χ1n) is 6.47. The average Bonchev–Trinajstić information content (AvgIpc) is 2.90. The molecular weight excluding hydrogens is 260 g/mol. The summed E-state index contributed by atoms with van der Waals surface area (Å²) < 4.78 is 11.3. The van der Waals surface area contributed by atoms with Gasteiger partial charge < -0.3 is 9.47 Å². The minimum atomic E-state index is -0.256. The average molecular weight is 276 g/mol. The standard InChI is InChI=1S/C15H16O3S/c1-17-15(16)14-9-12-3-2-11(8-13(12)19-14)10-4-6-18-7-5-10/h2-3,8-10H,4-7H2,1H3. The van der Waals surface area contributed by atoms with Crippen LogP contribution >= 0.6 is 11.3 Å². The number of methoxy groups -OCH3 is 1. The zero-order valence-corrected chi connectivity index (χ0v) is 11.7. The molecule has 100 valence electrons. The highest BCUT2D eigenvalue weighted by atomic mass is 32.1. The Bertz CT molecular complexity index is 596. The van der Waals surface area contributed by atoms with E-state index in [0.29, 0.717) is 10.8 Å². The van der Waals surface area contributed by atoms with Crippen LogP contribution in [0.2, 0.25) is 0 Å². The largest absolute Gasteiger partial charge is 0.465 e. The Morgan fingerprint density at radius 1 is 1.32 bits per heavy atom. The van der Waals surface area contributed by atoms with Crippen LogP contribution in [0.4, 0.5) is 0 Å². The van der Waals surface area contributed by atoms with Gasteiger partial charge in [0, 0.05) is 17.9 Å². The summed E-state index contributed by atoms with van der Waals surface area (Å²) in [5.41, 5.74) is 1.36. The molecule has 2 heterocycles. The summed E-state index contributed by atoms with van der Waals surface area (Å²) in [4.78, 5) is 12.2. The van der Waals surface area contributed by atoms with Crippen LogP contribution in [0, 0.1) is 0 Å². The van der Waals surface area contributed by atoms with E-state index in [-0.39, 0.29) is 5.97 Å². The van der Waals surface area contributed by atoms with Gasteiger partial charge in [-0.1, -0.05) is 12.1 Å². The van der Waals surface area contributed by atoms with Crippen molar-refractivity contribution in [1.29, 1.82) is 0 Å². The van der Waals surface area contributed by atoms with Gasteiger partial charge in [0.15, 0.2) is 0 Å². The van der Waals surface area contributed by atoms with Gasteiger partial charge in [0.2, 0.25) is 0 Å². The molecule has 1 aliphatic heterocycles. The molecule has 0 bridgehead atoms. The fraction of sp³-hybridized carbons (Fsp3) is 0.400. The molecule has 4 heteroatoms. The number of ether oxygens (including phenoxy) is 2. The fourth-order valence-corrected chi connectivity index (χ4v) is 3.56. The zero-order chi connectivity index (χ0) is 13.2. The second-order valence-corrected chi connectivity index (χ2v) is 5.87.